The van der Waals surface area contributed by atoms with Gasteiger partial charge in [-0.3, -0.25) is 4.79 Å². The zero-order chi connectivity index (χ0) is 27.5. The molecular weight excluding hydrogens is 491 g/mol. The minimum absolute atomic E-state index is 0. The standard InChI is InChI=1S/C31H48O6.Na/c1-17(2)9-8-10-20(28(35)36)26-22-15-24(34)27-29(5)13-12-23(33)18(3)21(29)11-14-30(27,6)31(22,7)16-25(26)37-19(4)32;/h9,18,21-25,27,33-34H,8,10-16H2,1-7H3,(H,35,36);/q;+1/p-1/b26-20-;/t18-,21+,22-,23-,24-,25-,27+,29+,30-,31+;/m1./s1. The van der Waals surface area contributed by atoms with Crippen LogP contribution in [0, 0.1) is 39.9 Å². The van der Waals surface area contributed by atoms with Gasteiger partial charge in [-0.25, -0.2) is 0 Å². The van der Waals surface area contributed by atoms with E-state index >= 15 is 0 Å². The van der Waals surface area contributed by atoms with Crippen LogP contribution >= 0.6 is 0 Å². The van der Waals surface area contributed by atoms with E-state index in [1.807, 2.05) is 19.9 Å². The summed E-state index contributed by atoms with van der Waals surface area (Å²) in [5, 5.41) is 35.0. The summed E-state index contributed by atoms with van der Waals surface area (Å²) in [7, 11) is 0. The molecule has 0 saturated heterocycles. The predicted octanol–water partition coefficient (Wildman–Crippen LogP) is 1.34. The molecule has 6 nitrogen and oxygen atoms in total. The van der Waals surface area contributed by atoms with Gasteiger partial charge in [0, 0.05) is 6.92 Å². The van der Waals surface area contributed by atoms with Gasteiger partial charge in [0.15, 0.2) is 0 Å². The Balaban J connectivity index is 0.00000400. The number of aliphatic carboxylic acids is 1. The monoisotopic (exact) mass is 538 g/mol. The second-order valence-corrected chi connectivity index (χ2v) is 13.6. The number of hydrogen-bond donors (Lipinski definition) is 2. The molecule has 0 aliphatic heterocycles. The second-order valence-electron chi connectivity index (χ2n) is 13.6. The van der Waals surface area contributed by atoms with Gasteiger partial charge in [-0.15, -0.1) is 0 Å². The first-order valence-electron chi connectivity index (χ1n) is 14.3. The van der Waals surface area contributed by atoms with Crippen LogP contribution in [0.15, 0.2) is 22.8 Å². The first-order valence-corrected chi connectivity index (χ1v) is 14.3. The minimum Gasteiger partial charge on any atom is -0.545 e. The molecule has 4 aliphatic rings. The molecule has 0 bridgehead atoms. The first-order chi connectivity index (χ1) is 17.2. The van der Waals surface area contributed by atoms with Crippen LogP contribution < -0.4 is 34.7 Å². The van der Waals surface area contributed by atoms with E-state index in [9.17, 15) is 24.9 Å². The van der Waals surface area contributed by atoms with Gasteiger partial charge in [-0.2, -0.15) is 0 Å². The number of esters is 1. The molecular formula is C31H47NaO6. The molecule has 0 heterocycles. The topological polar surface area (TPSA) is 107 Å². The maximum Gasteiger partial charge on any atom is 1.00 e. The van der Waals surface area contributed by atoms with Crippen LogP contribution in [-0.2, 0) is 14.3 Å². The molecule has 4 saturated carbocycles. The summed E-state index contributed by atoms with van der Waals surface area (Å²) < 4.78 is 5.84. The van der Waals surface area contributed by atoms with Crippen LogP contribution in [0.3, 0.4) is 0 Å². The van der Waals surface area contributed by atoms with E-state index in [2.05, 4.69) is 27.7 Å². The molecule has 7 heteroatoms. The van der Waals surface area contributed by atoms with Crippen molar-refractivity contribution in [1.29, 1.82) is 0 Å². The minimum atomic E-state index is -1.20. The van der Waals surface area contributed by atoms with Gasteiger partial charge < -0.3 is 24.9 Å². The zero-order valence-corrected chi connectivity index (χ0v) is 26.8. The van der Waals surface area contributed by atoms with Crippen molar-refractivity contribution in [3.63, 3.8) is 0 Å². The number of aliphatic hydroxyl groups excluding tert-OH is 2. The first kappa shape index (κ1) is 31.9. The SMILES string of the molecule is CC(=O)O[C@@H]1C[C@@]2(C)[C@H](C[C@@H](O)[C@H]3[C@@]4(C)CC[C@@H](O)[C@H](C)[C@@H]4CC[C@]32C)/C1=C(\CCC=C(C)C)C(=O)[O-].[Na+]. The Morgan fingerprint density at radius 2 is 1.71 bits per heavy atom. The molecule has 38 heavy (non-hydrogen) atoms. The molecule has 0 aromatic rings. The molecule has 0 radical (unpaired) electrons. The van der Waals surface area contributed by atoms with Gasteiger partial charge >= 0.3 is 35.5 Å². The van der Waals surface area contributed by atoms with E-state index in [4.69, 9.17) is 4.74 Å². The van der Waals surface area contributed by atoms with Gasteiger partial charge in [-0.1, -0.05) is 39.3 Å². The largest absolute Gasteiger partial charge is 1.00 e. The summed E-state index contributed by atoms with van der Waals surface area (Å²) in [6.07, 6.45) is 5.92. The number of rotatable bonds is 5. The van der Waals surface area contributed by atoms with Crippen molar-refractivity contribution >= 4 is 11.9 Å². The van der Waals surface area contributed by atoms with E-state index in [0.29, 0.717) is 37.2 Å². The van der Waals surface area contributed by atoms with Crippen LogP contribution in [-0.4, -0.2) is 40.5 Å². The van der Waals surface area contributed by atoms with Crippen LogP contribution in [0.1, 0.15) is 99.8 Å². The quantitative estimate of drug-likeness (QED) is 0.237. The number of ether oxygens (including phenoxy) is 1. The summed E-state index contributed by atoms with van der Waals surface area (Å²) in [5.74, 6) is -1.25. The Kier molecular flexibility index (Phi) is 9.49. The third-order valence-electron chi connectivity index (χ3n) is 11.6. The van der Waals surface area contributed by atoms with Gasteiger partial charge in [0.25, 0.3) is 0 Å². The summed E-state index contributed by atoms with van der Waals surface area (Å²) >= 11 is 0. The third kappa shape index (κ3) is 5.00. The van der Waals surface area contributed by atoms with Gasteiger partial charge in [0.1, 0.15) is 6.10 Å². The summed E-state index contributed by atoms with van der Waals surface area (Å²) in [6.45, 7) is 14.4. The summed E-state index contributed by atoms with van der Waals surface area (Å²) in [4.78, 5) is 24.7. The predicted molar refractivity (Wildman–Crippen MR) is 140 cm³/mol. The Labute approximate surface area is 251 Å². The van der Waals surface area contributed by atoms with Crippen LogP contribution in [0.2, 0.25) is 0 Å². The van der Waals surface area contributed by atoms with E-state index in [1.54, 1.807) is 0 Å². The molecule has 208 valence electrons. The molecule has 10 atom stereocenters. The number of fused-ring (bicyclic) bond motifs is 5. The number of hydrogen-bond acceptors (Lipinski definition) is 6. The van der Waals surface area contributed by atoms with E-state index in [0.717, 1.165) is 31.3 Å². The average Bonchev–Trinajstić information content (AvgIpc) is 3.05. The zero-order valence-electron chi connectivity index (χ0n) is 24.8. The van der Waals surface area contributed by atoms with Crippen molar-refractivity contribution in [3.05, 3.63) is 22.8 Å². The molecule has 0 aromatic carbocycles. The normalized spacial score (nSPS) is 45.0. The number of carbonyl (C=O) groups excluding carboxylic acids is 2. The number of carboxylic acid groups (broad SMARTS) is 1. The number of allylic oxidation sites excluding steroid dienone is 2. The van der Waals surface area contributed by atoms with Crippen molar-refractivity contribution in [2.24, 2.45) is 39.9 Å². The van der Waals surface area contributed by atoms with Crippen molar-refractivity contribution in [2.75, 3.05) is 0 Å². The smallest absolute Gasteiger partial charge is 0.545 e. The van der Waals surface area contributed by atoms with Gasteiger partial charge in [-0.05, 0) is 116 Å². The second kappa shape index (κ2) is 11.3. The average molecular weight is 539 g/mol. The maximum absolute atomic E-state index is 12.5. The van der Waals surface area contributed by atoms with E-state index in [1.165, 1.54) is 6.92 Å². The van der Waals surface area contributed by atoms with Crippen LogP contribution in [0.25, 0.3) is 0 Å². The molecule has 0 aromatic heterocycles. The molecule has 4 fully saturated rings. The Bertz CT molecular complexity index is 1000. The van der Waals surface area contributed by atoms with Crippen molar-refractivity contribution in [3.8, 4) is 0 Å². The fraction of sp³-hybridized carbons (Fsp3) is 0.806. The summed E-state index contributed by atoms with van der Waals surface area (Å²) in [5.41, 5.74) is 1.31. The number of aliphatic hydroxyl groups is 2. The van der Waals surface area contributed by atoms with Gasteiger partial charge in [0.05, 0.1) is 18.2 Å². The molecule has 0 spiro atoms. The molecule has 2 N–H and O–H groups in total. The molecule has 0 unspecified atom stereocenters. The molecule has 0 amide bonds. The Hall–Kier alpha value is -0.660. The molecule has 4 rings (SSSR count). The third-order valence-corrected chi connectivity index (χ3v) is 11.6. The fourth-order valence-corrected chi connectivity index (χ4v) is 9.78. The molecule has 4 aliphatic carbocycles. The van der Waals surface area contributed by atoms with Crippen molar-refractivity contribution in [2.45, 2.75) is 118 Å². The Morgan fingerprint density at radius 1 is 1.05 bits per heavy atom. The fourth-order valence-electron chi connectivity index (χ4n) is 9.78. The van der Waals surface area contributed by atoms with Gasteiger partial charge in [0.2, 0.25) is 0 Å². The Morgan fingerprint density at radius 3 is 2.29 bits per heavy atom. The van der Waals surface area contributed by atoms with E-state index < -0.39 is 24.1 Å². The van der Waals surface area contributed by atoms with Crippen molar-refractivity contribution in [1.82, 2.24) is 0 Å². The van der Waals surface area contributed by atoms with E-state index in [-0.39, 0.29) is 75.2 Å². The summed E-state index contributed by atoms with van der Waals surface area (Å²) in [6, 6.07) is 0. The van der Waals surface area contributed by atoms with Crippen molar-refractivity contribution < 1.29 is 59.2 Å². The van der Waals surface area contributed by atoms with Crippen LogP contribution in [0.5, 0.6) is 0 Å². The number of carbonyl (C=O) groups is 2. The maximum atomic E-state index is 12.5. The van der Waals surface area contributed by atoms with Crippen LogP contribution in [0.4, 0.5) is 0 Å². The number of carboxylic acids is 1.